The van der Waals surface area contributed by atoms with Crippen molar-refractivity contribution in [2.45, 2.75) is 13.0 Å². The molecular weight excluding hydrogens is 295 g/mol. The number of nitrogens with one attached hydrogen (secondary N) is 1. The molecule has 0 aliphatic heterocycles. The number of carbonyl (C=O) groups excluding carboxylic acids is 1. The molecule has 0 heterocycles. The number of likely N-dealkylation sites (N-methyl/N-ethyl adjacent to an activating group) is 1. The summed E-state index contributed by atoms with van der Waals surface area (Å²) in [7, 11) is 1.83. The number of ether oxygens (including phenoxy) is 1. The zero-order chi connectivity index (χ0) is 16.7. The third-order valence-corrected chi connectivity index (χ3v) is 3.62. The second-order valence-electron chi connectivity index (χ2n) is 5.29. The van der Waals surface area contributed by atoms with Gasteiger partial charge in [-0.25, -0.2) is 4.39 Å². The zero-order valence-corrected chi connectivity index (χ0v) is 13.3. The number of anilines is 1. The van der Waals surface area contributed by atoms with E-state index in [4.69, 9.17) is 4.74 Å². The van der Waals surface area contributed by atoms with Gasteiger partial charge in [-0.3, -0.25) is 9.69 Å². The highest BCUT2D eigenvalue weighted by atomic mass is 19.1. The van der Waals surface area contributed by atoms with Gasteiger partial charge in [0.1, 0.15) is 6.61 Å². The molecule has 23 heavy (non-hydrogen) atoms. The molecular formula is C18H21FN2O2. The first-order valence-corrected chi connectivity index (χ1v) is 7.51. The van der Waals surface area contributed by atoms with Crippen molar-refractivity contribution >= 4 is 11.6 Å². The fraction of sp³-hybridized carbons (Fsp3) is 0.278. The molecule has 1 atom stereocenters. The summed E-state index contributed by atoms with van der Waals surface area (Å²) >= 11 is 0. The van der Waals surface area contributed by atoms with Crippen LogP contribution >= 0.6 is 0 Å². The normalized spacial score (nSPS) is 12.0. The van der Waals surface area contributed by atoms with E-state index >= 15 is 0 Å². The molecule has 0 aromatic heterocycles. The van der Waals surface area contributed by atoms with Gasteiger partial charge in [0.15, 0.2) is 11.6 Å². The molecule has 5 heteroatoms. The van der Waals surface area contributed by atoms with Gasteiger partial charge in [-0.1, -0.05) is 30.3 Å². The number of rotatable bonds is 7. The summed E-state index contributed by atoms with van der Waals surface area (Å²) < 4.78 is 18.8. The second kappa shape index (κ2) is 8.29. The molecule has 2 rings (SSSR count). The van der Waals surface area contributed by atoms with Crippen LogP contribution in [0, 0.1) is 5.82 Å². The Bertz CT molecular complexity index is 634. The number of hydrogen-bond acceptors (Lipinski definition) is 3. The molecule has 0 aliphatic carbocycles. The van der Waals surface area contributed by atoms with Crippen molar-refractivity contribution < 1.29 is 13.9 Å². The Morgan fingerprint density at radius 1 is 1.17 bits per heavy atom. The van der Waals surface area contributed by atoms with E-state index in [2.05, 4.69) is 5.32 Å². The van der Waals surface area contributed by atoms with Crippen molar-refractivity contribution in [3.05, 3.63) is 60.4 Å². The first kappa shape index (κ1) is 17.0. The van der Waals surface area contributed by atoms with E-state index in [9.17, 15) is 9.18 Å². The predicted octanol–water partition coefficient (Wildman–Crippen LogP) is 3.16. The van der Waals surface area contributed by atoms with Gasteiger partial charge in [0.05, 0.1) is 6.04 Å². The van der Waals surface area contributed by atoms with E-state index in [0.717, 1.165) is 5.69 Å². The lowest BCUT2D eigenvalue weighted by Crippen LogP contribution is -2.41. The third-order valence-electron chi connectivity index (χ3n) is 3.62. The predicted molar refractivity (Wildman–Crippen MR) is 89.1 cm³/mol. The van der Waals surface area contributed by atoms with Gasteiger partial charge in [-0.15, -0.1) is 0 Å². The molecule has 2 aromatic carbocycles. The number of halogens is 1. The SMILES string of the molecule is C[C@@H](C(=O)Nc1ccccc1)N(C)CCOc1ccccc1F. The summed E-state index contributed by atoms with van der Waals surface area (Å²) in [4.78, 5) is 14.0. The smallest absolute Gasteiger partial charge is 0.241 e. The van der Waals surface area contributed by atoms with Crippen LogP contribution in [0.4, 0.5) is 10.1 Å². The Labute approximate surface area is 135 Å². The molecule has 2 aromatic rings. The van der Waals surface area contributed by atoms with Gasteiger partial charge >= 0.3 is 0 Å². The number of amides is 1. The number of nitrogens with zero attached hydrogens (tertiary/aromatic N) is 1. The van der Waals surface area contributed by atoms with Gasteiger partial charge < -0.3 is 10.1 Å². The fourth-order valence-corrected chi connectivity index (χ4v) is 2.02. The van der Waals surface area contributed by atoms with Crippen LogP contribution in [0.5, 0.6) is 5.75 Å². The molecule has 1 N–H and O–H groups in total. The quantitative estimate of drug-likeness (QED) is 0.853. The van der Waals surface area contributed by atoms with E-state index in [0.29, 0.717) is 13.2 Å². The van der Waals surface area contributed by atoms with Crippen molar-refractivity contribution in [2.24, 2.45) is 0 Å². The molecule has 0 aliphatic rings. The fourth-order valence-electron chi connectivity index (χ4n) is 2.02. The lowest BCUT2D eigenvalue weighted by atomic mass is 10.2. The lowest BCUT2D eigenvalue weighted by molar-refractivity contribution is -0.120. The Hall–Kier alpha value is -2.40. The highest BCUT2D eigenvalue weighted by molar-refractivity contribution is 5.94. The van der Waals surface area contributed by atoms with Crippen LogP contribution in [0.3, 0.4) is 0 Å². The maximum absolute atomic E-state index is 13.4. The molecule has 0 saturated heterocycles. The van der Waals surface area contributed by atoms with Crippen molar-refractivity contribution in [1.82, 2.24) is 4.90 Å². The summed E-state index contributed by atoms with van der Waals surface area (Å²) in [5.74, 6) is -0.253. The van der Waals surface area contributed by atoms with Gasteiger partial charge in [-0.05, 0) is 38.2 Å². The molecule has 0 spiro atoms. The number of benzene rings is 2. The highest BCUT2D eigenvalue weighted by Crippen LogP contribution is 2.15. The molecule has 0 fully saturated rings. The minimum atomic E-state index is -0.384. The second-order valence-corrected chi connectivity index (χ2v) is 5.29. The maximum atomic E-state index is 13.4. The van der Waals surface area contributed by atoms with Crippen molar-refractivity contribution in [3.8, 4) is 5.75 Å². The van der Waals surface area contributed by atoms with E-state index in [1.165, 1.54) is 6.07 Å². The molecule has 4 nitrogen and oxygen atoms in total. The van der Waals surface area contributed by atoms with Crippen molar-refractivity contribution in [2.75, 3.05) is 25.5 Å². The van der Waals surface area contributed by atoms with Crippen molar-refractivity contribution in [3.63, 3.8) is 0 Å². The van der Waals surface area contributed by atoms with Crippen LogP contribution in [0.1, 0.15) is 6.92 Å². The van der Waals surface area contributed by atoms with Gasteiger partial charge in [0.25, 0.3) is 0 Å². The van der Waals surface area contributed by atoms with Crippen LogP contribution in [-0.4, -0.2) is 37.0 Å². The Kier molecular flexibility index (Phi) is 6.11. The molecule has 122 valence electrons. The van der Waals surface area contributed by atoms with Gasteiger partial charge in [-0.2, -0.15) is 0 Å². The number of para-hydroxylation sites is 2. The molecule has 1 amide bonds. The first-order valence-electron chi connectivity index (χ1n) is 7.51. The number of hydrogen-bond donors (Lipinski definition) is 1. The topological polar surface area (TPSA) is 41.6 Å². The Morgan fingerprint density at radius 3 is 2.52 bits per heavy atom. The monoisotopic (exact) mass is 316 g/mol. The van der Waals surface area contributed by atoms with E-state index < -0.39 is 0 Å². The summed E-state index contributed by atoms with van der Waals surface area (Å²) in [6.45, 7) is 2.64. The average Bonchev–Trinajstić information content (AvgIpc) is 2.56. The molecule has 0 radical (unpaired) electrons. The number of carbonyl (C=O) groups is 1. The molecule has 0 saturated carbocycles. The van der Waals surface area contributed by atoms with Crippen LogP contribution in [0.2, 0.25) is 0 Å². The largest absolute Gasteiger partial charge is 0.489 e. The Balaban J connectivity index is 1.79. The van der Waals surface area contributed by atoms with Crippen LogP contribution in [-0.2, 0) is 4.79 Å². The van der Waals surface area contributed by atoms with E-state index in [-0.39, 0.29) is 23.5 Å². The van der Waals surface area contributed by atoms with E-state index in [1.807, 2.05) is 49.2 Å². The minimum absolute atomic E-state index is 0.0930. The van der Waals surface area contributed by atoms with Crippen LogP contribution in [0.25, 0.3) is 0 Å². The van der Waals surface area contributed by atoms with Gasteiger partial charge in [0.2, 0.25) is 5.91 Å². The molecule has 0 bridgehead atoms. The minimum Gasteiger partial charge on any atom is -0.489 e. The summed E-state index contributed by atoms with van der Waals surface area (Å²) in [6.07, 6.45) is 0. The summed E-state index contributed by atoms with van der Waals surface area (Å²) in [5.41, 5.74) is 0.764. The highest BCUT2D eigenvalue weighted by Gasteiger charge is 2.18. The van der Waals surface area contributed by atoms with Crippen molar-refractivity contribution in [1.29, 1.82) is 0 Å². The maximum Gasteiger partial charge on any atom is 0.241 e. The van der Waals surface area contributed by atoms with Crippen LogP contribution in [0.15, 0.2) is 54.6 Å². The summed E-state index contributed by atoms with van der Waals surface area (Å²) in [6, 6.07) is 15.3. The van der Waals surface area contributed by atoms with Crippen LogP contribution < -0.4 is 10.1 Å². The zero-order valence-electron chi connectivity index (χ0n) is 13.3. The first-order chi connectivity index (χ1) is 11.1. The molecule has 0 unspecified atom stereocenters. The Morgan fingerprint density at radius 2 is 1.83 bits per heavy atom. The average molecular weight is 316 g/mol. The third kappa shape index (κ3) is 5.07. The lowest BCUT2D eigenvalue weighted by Gasteiger charge is -2.23. The summed E-state index contributed by atoms with van der Waals surface area (Å²) in [5, 5.41) is 2.86. The van der Waals surface area contributed by atoms with Gasteiger partial charge in [0, 0.05) is 12.2 Å². The standard InChI is InChI=1S/C18H21FN2O2/c1-14(18(22)20-15-8-4-3-5-9-15)21(2)12-13-23-17-11-7-6-10-16(17)19/h3-11,14H,12-13H2,1-2H3,(H,20,22)/t14-/m0/s1. The van der Waals surface area contributed by atoms with E-state index in [1.54, 1.807) is 18.2 Å².